The van der Waals surface area contributed by atoms with E-state index in [0.29, 0.717) is 0 Å². The van der Waals surface area contributed by atoms with Crippen LogP contribution in [-0.2, 0) is 10.1 Å². The van der Waals surface area contributed by atoms with Crippen molar-refractivity contribution in [3.8, 4) is 0 Å². The molecule has 0 saturated carbocycles. The van der Waals surface area contributed by atoms with Crippen molar-refractivity contribution >= 4 is 10.1 Å². The molecule has 0 atom stereocenters. The van der Waals surface area contributed by atoms with Gasteiger partial charge in [-0.25, -0.2) is 0 Å². The average Bonchev–Trinajstić information content (AvgIpc) is 2.67. The first-order valence-corrected chi connectivity index (χ1v) is 9.28. The lowest BCUT2D eigenvalue weighted by Crippen LogP contribution is -2.75. The Bertz CT molecular complexity index is 933. The number of pyridine rings is 1. The van der Waals surface area contributed by atoms with Crippen LogP contribution in [0.1, 0.15) is 6.92 Å². The van der Waals surface area contributed by atoms with E-state index in [2.05, 4.69) is 4.98 Å². The van der Waals surface area contributed by atoms with Crippen molar-refractivity contribution in [1.82, 2.24) is 4.98 Å². The van der Waals surface area contributed by atoms with Crippen LogP contribution in [0, 0.1) is 0 Å². The number of rotatable bonds is 8. The lowest BCUT2D eigenvalue weighted by molar-refractivity contribution is -0.448. The van der Waals surface area contributed by atoms with E-state index in [1.54, 1.807) is 12.4 Å². The highest BCUT2D eigenvalue weighted by molar-refractivity contribution is 7.87. The summed E-state index contributed by atoms with van der Waals surface area (Å²) in [5, 5.41) is -7.77. The summed E-state index contributed by atoms with van der Waals surface area (Å²) in [6.45, 7) is -1.30. The highest BCUT2D eigenvalue weighted by Crippen LogP contribution is 2.64. The van der Waals surface area contributed by atoms with E-state index in [1.807, 2.05) is 18.2 Å². The molecule has 0 amide bonds. The van der Waals surface area contributed by atoms with Gasteiger partial charge >= 0.3 is 56.8 Å². The van der Waals surface area contributed by atoms with Gasteiger partial charge in [-0.15, -0.1) is 0 Å². The van der Waals surface area contributed by atoms with Crippen LogP contribution in [0.3, 0.4) is 0 Å². The molecule has 1 heterocycles. The molecule has 0 fully saturated rings. The second kappa shape index (κ2) is 9.11. The summed E-state index contributed by atoms with van der Waals surface area (Å²) >= 11 is 0. The number of halogens is 16. The second-order valence-corrected chi connectivity index (χ2v) is 7.81. The molecule has 0 unspecified atom stereocenters. The number of hydrogen-bond donors (Lipinski definition) is 1. The van der Waals surface area contributed by atoms with Crippen LogP contribution in [0.4, 0.5) is 70.2 Å². The van der Waals surface area contributed by atoms with Gasteiger partial charge in [0.05, 0.1) is 0 Å². The summed E-state index contributed by atoms with van der Waals surface area (Å²) in [5.74, 6) is -56.7. The molecule has 0 aliphatic rings. The van der Waals surface area contributed by atoms with Gasteiger partial charge < -0.3 is 0 Å². The van der Waals surface area contributed by atoms with Crippen LogP contribution in [0.15, 0.2) is 30.6 Å². The fourth-order valence-electron chi connectivity index (χ4n) is 1.72. The predicted molar refractivity (Wildman–Crippen MR) is 81.0 cm³/mol. The van der Waals surface area contributed by atoms with E-state index in [9.17, 15) is 78.7 Å². The van der Waals surface area contributed by atoms with Gasteiger partial charge in [-0.1, -0.05) is 6.07 Å². The Hall–Kier alpha value is -2.06. The lowest BCUT2D eigenvalue weighted by atomic mass is 9.89. The summed E-state index contributed by atoms with van der Waals surface area (Å²) < 4.78 is 234. The lowest BCUT2D eigenvalue weighted by Gasteiger charge is -2.42. The minimum absolute atomic E-state index is 1.30. The molecule has 0 spiro atoms. The first-order chi connectivity index (χ1) is 15.0. The van der Waals surface area contributed by atoms with Gasteiger partial charge in [0.2, 0.25) is 0 Å². The van der Waals surface area contributed by atoms with E-state index < -0.39 is 63.8 Å². The Morgan fingerprint density at radius 3 is 1.03 bits per heavy atom. The van der Waals surface area contributed by atoms with E-state index in [-0.39, 0.29) is 0 Å². The maximum absolute atomic E-state index is 13.2. The minimum Gasteiger partial charge on any atom is -0.281 e. The van der Waals surface area contributed by atoms with E-state index in [0.717, 1.165) is 0 Å². The summed E-state index contributed by atoms with van der Waals surface area (Å²) in [4.78, 5) is 3.78. The Morgan fingerprint density at radius 2 is 0.829 bits per heavy atom. The molecule has 35 heavy (non-hydrogen) atoms. The average molecular weight is 575 g/mol. The van der Waals surface area contributed by atoms with Crippen molar-refractivity contribution in [2.75, 3.05) is 0 Å². The van der Waals surface area contributed by atoms with Gasteiger partial charge in [-0.05, 0) is 12.1 Å². The fourth-order valence-corrected chi connectivity index (χ4v) is 2.17. The summed E-state index contributed by atoms with van der Waals surface area (Å²) in [5.41, 5.74) is 0. The first-order valence-electron chi connectivity index (χ1n) is 7.84. The molecule has 0 saturated heterocycles. The highest BCUT2D eigenvalue weighted by atomic mass is 32.2. The molecule has 1 rings (SSSR count). The van der Waals surface area contributed by atoms with Crippen LogP contribution in [0.5, 0.6) is 0 Å². The Balaban J connectivity index is 0.00000166. The van der Waals surface area contributed by atoms with Crippen molar-refractivity contribution in [2.45, 2.75) is 53.6 Å². The molecule has 0 aromatic carbocycles. The van der Waals surface area contributed by atoms with Crippen LogP contribution in [-0.4, -0.2) is 64.7 Å². The zero-order chi connectivity index (χ0) is 28.7. The zero-order valence-corrected chi connectivity index (χ0v) is 16.9. The molecule has 206 valence electrons. The van der Waals surface area contributed by atoms with Crippen molar-refractivity contribution in [1.29, 1.82) is 0 Å². The number of aromatic nitrogens is 1. The summed E-state index contributed by atoms with van der Waals surface area (Å²) in [7, 11) is -7.83. The zero-order valence-electron chi connectivity index (χ0n) is 16.1. The molecule has 0 bridgehead atoms. The molecular formula is C14H9F16NO3S. The quantitative estimate of drug-likeness (QED) is 0.305. The Morgan fingerprint density at radius 1 is 0.543 bits per heavy atom. The second-order valence-electron chi connectivity index (χ2n) is 6.35. The monoisotopic (exact) mass is 575 g/mol. The number of alkyl halides is 16. The molecule has 4 nitrogen and oxygen atoms in total. The molecule has 1 N–H and O–H groups in total. The van der Waals surface area contributed by atoms with Crippen LogP contribution >= 0.6 is 0 Å². The summed E-state index contributed by atoms with van der Waals surface area (Å²) in [6, 6.07) is 5.72. The van der Waals surface area contributed by atoms with Gasteiger partial charge in [-0.3, -0.25) is 9.54 Å². The third kappa shape index (κ3) is 4.96. The highest BCUT2D eigenvalue weighted by Gasteiger charge is 2.95. The number of hydrogen-bond acceptors (Lipinski definition) is 3. The summed E-state index contributed by atoms with van der Waals surface area (Å²) in [6.07, 6.45) is 3.50. The molecule has 1 aromatic heterocycles. The van der Waals surface area contributed by atoms with E-state index in [1.165, 1.54) is 0 Å². The first kappa shape index (κ1) is 32.9. The van der Waals surface area contributed by atoms with Gasteiger partial charge in [0, 0.05) is 19.3 Å². The predicted octanol–water partition coefficient (Wildman–Crippen LogP) is 6.02. The van der Waals surface area contributed by atoms with E-state index in [4.69, 9.17) is 4.55 Å². The van der Waals surface area contributed by atoms with Crippen molar-refractivity contribution in [3.05, 3.63) is 30.6 Å². The van der Waals surface area contributed by atoms with Crippen LogP contribution in [0.2, 0.25) is 0 Å². The normalized spacial score (nSPS) is 15.4. The third-order valence-corrected chi connectivity index (χ3v) is 4.68. The van der Waals surface area contributed by atoms with Crippen molar-refractivity contribution in [3.63, 3.8) is 0 Å². The molecule has 0 radical (unpaired) electrons. The minimum atomic E-state index is -8.73. The smallest absolute Gasteiger partial charge is 0.281 e. The molecule has 1 aromatic rings. The van der Waals surface area contributed by atoms with Crippen LogP contribution in [0.25, 0.3) is 0 Å². The third-order valence-electron chi connectivity index (χ3n) is 3.78. The largest absolute Gasteiger partial charge is 0.438 e. The Labute approximate surface area is 183 Å². The molecule has 0 aliphatic carbocycles. The van der Waals surface area contributed by atoms with Gasteiger partial charge in [0.1, 0.15) is 0 Å². The van der Waals surface area contributed by atoms with Gasteiger partial charge in [-0.2, -0.15) is 78.7 Å². The maximum atomic E-state index is 13.2. The van der Waals surface area contributed by atoms with Crippen molar-refractivity contribution < 1.29 is 83.2 Å². The fraction of sp³-hybridized carbons (Fsp3) is 0.643. The van der Waals surface area contributed by atoms with Gasteiger partial charge in [0.25, 0.3) is 0 Å². The topological polar surface area (TPSA) is 67.3 Å². The van der Waals surface area contributed by atoms with E-state index >= 15 is 0 Å². The molecular weight excluding hydrogens is 566 g/mol. The maximum Gasteiger partial charge on any atom is 0.438 e. The Kier molecular flexibility index (Phi) is 8.57. The molecule has 21 heteroatoms. The number of nitrogens with zero attached hydrogens (tertiary/aromatic N) is 1. The van der Waals surface area contributed by atoms with Crippen LogP contribution < -0.4 is 0 Å². The standard InChI is InChI=1S/C9H4F16O3S.C5H5N/c1-2(10,11)3(12,13)4(14,15)5(16,17)6(18,19)7(20,21)8(22,23)9(24,25)29(26,27)28;1-2-4-6-5-3-1/h1H3,(H,26,27,28);1-5H. The van der Waals surface area contributed by atoms with Crippen molar-refractivity contribution in [2.24, 2.45) is 0 Å². The van der Waals surface area contributed by atoms with Gasteiger partial charge in [0.15, 0.2) is 0 Å². The molecule has 0 aliphatic heterocycles. The SMILES string of the molecule is CC(F)(F)C(F)(F)C(F)(F)C(F)(F)C(F)(F)C(F)(F)C(F)(F)C(F)(F)S(=O)(=O)O.c1ccncc1.